The normalized spacial score (nSPS) is 25.2. The van der Waals surface area contributed by atoms with Crippen LogP contribution in [0, 0.1) is 0 Å². The molecule has 4 rings (SSSR count). The Bertz CT molecular complexity index is 908. The summed E-state index contributed by atoms with van der Waals surface area (Å²) in [7, 11) is -1.15. The van der Waals surface area contributed by atoms with Crippen LogP contribution in [0.3, 0.4) is 0 Å². The molecule has 3 heterocycles. The summed E-state index contributed by atoms with van der Waals surface area (Å²) in [5, 5.41) is 2.95. The Morgan fingerprint density at radius 3 is 2.72 bits per heavy atom. The summed E-state index contributed by atoms with van der Waals surface area (Å²) < 4.78 is 29.6. The minimum atomic E-state index is -2.97. The molecular weight excluding hydrogens is 394 g/mol. The highest BCUT2D eigenvalue weighted by molar-refractivity contribution is 7.91. The van der Waals surface area contributed by atoms with Crippen molar-refractivity contribution in [2.24, 2.45) is 0 Å². The molecule has 1 atom stereocenters. The highest BCUT2D eigenvalue weighted by Gasteiger charge is 2.41. The molecule has 3 aliphatic heterocycles. The molecule has 0 aromatic heterocycles. The standard InChI is InChI=1S/C20H27N3O5S/c1-22(15-6-11-29(26,27)13-15)12-18(24)23-9-7-20(8-10-23)14-21-19(25)16-4-2-3-5-17(16)28-20/h2-5,15H,6-14H2,1H3,(H,21,25). The number of para-hydroxylation sites is 1. The average molecular weight is 422 g/mol. The fraction of sp³-hybridized carbons (Fsp3) is 0.600. The Morgan fingerprint density at radius 2 is 2.03 bits per heavy atom. The van der Waals surface area contributed by atoms with Crippen molar-refractivity contribution in [2.75, 3.05) is 44.7 Å². The highest BCUT2D eigenvalue weighted by atomic mass is 32.2. The van der Waals surface area contributed by atoms with Gasteiger partial charge in [-0.2, -0.15) is 0 Å². The first-order chi connectivity index (χ1) is 13.8. The van der Waals surface area contributed by atoms with Crippen molar-refractivity contribution in [3.05, 3.63) is 29.8 Å². The summed E-state index contributed by atoms with van der Waals surface area (Å²) in [5.74, 6) is 0.790. The number of sulfone groups is 1. The minimum absolute atomic E-state index is 0.00436. The lowest BCUT2D eigenvalue weighted by Gasteiger charge is -2.41. The second-order valence-electron chi connectivity index (χ2n) is 8.32. The van der Waals surface area contributed by atoms with Gasteiger partial charge >= 0.3 is 0 Å². The summed E-state index contributed by atoms with van der Waals surface area (Å²) in [6.07, 6.45) is 1.85. The second-order valence-corrected chi connectivity index (χ2v) is 10.5. The third-order valence-electron chi connectivity index (χ3n) is 6.27. The van der Waals surface area contributed by atoms with Crippen molar-refractivity contribution < 1.29 is 22.7 Å². The van der Waals surface area contributed by atoms with Crippen LogP contribution in [0.15, 0.2) is 24.3 Å². The molecule has 0 radical (unpaired) electrons. The first-order valence-electron chi connectivity index (χ1n) is 10.0. The molecule has 2 amide bonds. The largest absolute Gasteiger partial charge is 0.484 e. The van der Waals surface area contributed by atoms with Crippen LogP contribution in [-0.2, 0) is 14.6 Å². The van der Waals surface area contributed by atoms with Crippen LogP contribution in [0.2, 0.25) is 0 Å². The molecule has 2 fully saturated rings. The Kier molecular flexibility index (Phi) is 5.29. The maximum absolute atomic E-state index is 12.7. The van der Waals surface area contributed by atoms with Gasteiger partial charge < -0.3 is 15.0 Å². The molecule has 1 N–H and O–H groups in total. The second kappa shape index (κ2) is 7.60. The van der Waals surface area contributed by atoms with Crippen molar-refractivity contribution >= 4 is 21.7 Å². The number of amides is 2. The summed E-state index contributed by atoms with van der Waals surface area (Å²) in [4.78, 5) is 28.7. The molecule has 158 valence electrons. The van der Waals surface area contributed by atoms with Crippen molar-refractivity contribution in [2.45, 2.75) is 30.9 Å². The summed E-state index contributed by atoms with van der Waals surface area (Å²) in [6.45, 7) is 1.73. The van der Waals surface area contributed by atoms with Crippen molar-refractivity contribution in [3.63, 3.8) is 0 Å². The van der Waals surface area contributed by atoms with Gasteiger partial charge in [0.2, 0.25) is 5.91 Å². The molecule has 0 bridgehead atoms. The van der Waals surface area contributed by atoms with E-state index in [0.29, 0.717) is 50.2 Å². The molecule has 0 saturated carbocycles. The fourth-order valence-electron chi connectivity index (χ4n) is 4.36. The summed E-state index contributed by atoms with van der Waals surface area (Å²) >= 11 is 0. The van der Waals surface area contributed by atoms with Crippen LogP contribution in [-0.4, -0.2) is 86.4 Å². The van der Waals surface area contributed by atoms with Crippen molar-refractivity contribution in [1.82, 2.24) is 15.1 Å². The lowest BCUT2D eigenvalue weighted by Crippen LogP contribution is -2.55. The van der Waals surface area contributed by atoms with Crippen LogP contribution in [0.4, 0.5) is 0 Å². The lowest BCUT2D eigenvalue weighted by atomic mass is 9.90. The van der Waals surface area contributed by atoms with E-state index < -0.39 is 15.4 Å². The predicted molar refractivity (Wildman–Crippen MR) is 108 cm³/mol. The van der Waals surface area contributed by atoms with Crippen molar-refractivity contribution in [3.8, 4) is 5.75 Å². The molecule has 1 unspecified atom stereocenters. The third-order valence-corrected chi connectivity index (χ3v) is 8.02. The molecule has 0 aliphatic carbocycles. The Hall–Kier alpha value is -2.13. The van der Waals surface area contributed by atoms with E-state index in [1.165, 1.54) is 0 Å². The smallest absolute Gasteiger partial charge is 0.255 e. The van der Waals surface area contributed by atoms with Gasteiger partial charge in [0.1, 0.15) is 11.4 Å². The number of nitrogens with one attached hydrogen (secondary N) is 1. The number of hydrogen-bond acceptors (Lipinski definition) is 6. The zero-order valence-corrected chi connectivity index (χ0v) is 17.4. The maximum atomic E-state index is 12.7. The van der Waals surface area contributed by atoms with E-state index in [4.69, 9.17) is 4.74 Å². The number of nitrogens with zero attached hydrogens (tertiary/aromatic N) is 2. The molecule has 1 aromatic rings. The van der Waals surface area contributed by atoms with E-state index in [2.05, 4.69) is 5.32 Å². The molecular formula is C20H27N3O5S. The number of benzene rings is 1. The summed E-state index contributed by atoms with van der Waals surface area (Å²) in [5.41, 5.74) is 0.0285. The number of ether oxygens (including phenoxy) is 1. The van der Waals surface area contributed by atoms with Gasteiger partial charge in [0, 0.05) is 32.0 Å². The van der Waals surface area contributed by atoms with Crippen LogP contribution in [0.25, 0.3) is 0 Å². The molecule has 1 aromatic carbocycles. The first kappa shape index (κ1) is 20.2. The minimum Gasteiger partial charge on any atom is -0.484 e. The van der Waals surface area contributed by atoms with Crippen molar-refractivity contribution in [1.29, 1.82) is 0 Å². The first-order valence-corrected chi connectivity index (χ1v) is 11.8. The monoisotopic (exact) mass is 421 g/mol. The summed E-state index contributed by atoms with van der Waals surface area (Å²) in [6, 6.07) is 7.14. The Labute approximate surface area is 171 Å². The van der Waals surface area contributed by atoms with Gasteiger partial charge in [0.05, 0.1) is 30.2 Å². The van der Waals surface area contributed by atoms with Gasteiger partial charge in [-0.15, -0.1) is 0 Å². The molecule has 2 saturated heterocycles. The van der Waals surface area contributed by atoms with Crippen LogP contribution >= 0.6 is 0 Å². The van der Waals surface area contributed by atoms with Gasteiger partial charge in [-0.25, -0.2) is 8.42 Å². The Balaban J connectivity index is 1.35. The van der Waals surface area contributed by atoms with E-state index >= 15 is 0 Å². The number of carbonyl (C=O) groups excluding carboxylic acids is 2. The number of likely N-dealkylation sites (N-methyl/N-ethyl adjacent to an activating group) is 1. The number of likely N-dealkylation sites (tertiary alicyclic amines) is 1. The van der Waals surface area contributed by atoms with E-state index in [9.17, 15) is 18.0 Å². The molecule has 8 nitrogen and oxygen atoms in total. The molecule has 1 spiro atoms. The highest BCUT2D eigenvalue weighted by Crippen LogP contribution is 2.33. The van der Waals surface area contributed by atoms with Crippen LogP contribution < -0.4 is 10.1 Å². The van der Waals surface area contributed by atoms with E-state index in [1.807, 2.05) is 35.0 Å². The average Bonchev–Trinajstić information content (AvgIpc) is 3.00. The number of carbonyl (C=O) groups is 2. The molecule has 29 heavy (non-hydrogen) atoms. The van der Waals surface area contributed by atoms with Crippen LogP contribution in [0.1, 0.15) is 29.6 Å². The van der Waals surface area contributed by atoms with Gasteiger partial charge in [0.15, 0.2) is 9.84 Å². The molecule has 3 aliphatic rings. The zero-order valence-electron chi connectivity index (χ0n) is 16.6. The van der Waals surface area contributed by atoms with E-state index in [-0.39, 0.29) is 35.9 Å². The predicted octanol–water partition coefficient (Wildman–Crippen LogP) is 0.289. The van der Waals surface area contributed by atoms with Gasteiger partial charge in [-0.3, -0.25) is 14.5 Å². The SMILES string of the molecule is CN(CC(=O)N1CCC2(CC1)CNC(=O)c1ccccc1O2)C1CCS(=O)(=O)C1. The van der Waals surface area contributed by atoms with Gasteiger partial charge in [-0.05, 0) is 25.6 Å². The number of piperidine rings is 1. The zero-order chi connectivity index (χ0) is 20.6. The third kappa shape index (κ3) is 4.25. The quantitative estimate of drug-likeness (QED) is 0.754. The fourth-order valence-corrected chi connectivity index (χ4v) is 6.16. The number of hydrogen-bond donors (Lipinski definition) is 1. The molecule has 9 heteroatoms. The van der Waals surface area contributed by atoms with Crippen LogP contribution in [0.5, 0.6) is 5.75 Å². The number of rotatable bonds is 3. The lowest BCUT2D eigenvalue weighted by molar-refractivity contribution is -0.135. The Morgan fingerprint density at radius 1 is 1.31 bits per heavy atom. The van der Waals surface area contributed by atoms with E-state index in [0.717, 1.165) is 0 Å². The van der Waals surface area contributed by atoms with E-state index in [1.54, 1.807) is 6.07 Å². The van der Waals surface area contributed by atoms with Gasteiger partial charge in [-0.1, -0.05) is 12.1 Å². The number of fused-ring (bicyclic) bond motifs is 1. The van der Waals surface area contributed by atoms with Gasteiger partial charge in [0.25, 0.3) is 5.91 Å². The maximum Gasteiger partial charge on any atom is 0.255 e. The topological polar surface area (TPSA) is 96.0 Å².